The van der Waals surface area contributed by atoms with Gasteiger partial charge in [-0.1, -0.05) is 0 Å². The van der Waals surface area contributed by atoms with Crippen LogP contribution in [0.4, 0.5) is 5.82 Å². The molecule has 2 heterocycles. The predicted molar refractivity (Wildman–Crippen MR) is 80.0 cm³/mol. The van der Waals surface area contributed by atoms with Crippen LogP contribution in [0.5, 0.6) is 0 Å². The van der Waals surface area contributed by atoms with Crippen molar-refractivity contribution in [2.75, 3.05) is 18.0 Å². The van der Waals surface area contributed by atoms with Crippen LogP contribution in [-0.2, 0) is 4.79 Å². The van der Waals surface area contributed by atoms with E-state index in [1.54, 1.807) is 0 Å². The molecule has 1 aromatic rings. The first-order valence-electron chi connectivity index (χ1n) is 6.71. The molecule has 0 aromatic carbocycles. The summed E-state index contributed by atoms with van der Waals surface area (Å²) in [7, 11) is 0. The lowest BCUT2D eigenvalue weighted by molar-refractivity contribution is -0.118. The summed E-state index contributed by atoms with van der Waals surface area (Å²) in [4.78, 5) is 17.7. The fourth-order valence-corrected chi connectivity index (χ4v) is 3.15. The number of hydrogen-bond donors (Lipinski definition) is 1. The molecule has 0 aliphatic carbocycles. The van der Waals surface area contributed by atoms with Crippen LogP contribution in [0, 0.1) is 12.8 Å². The molecule has 1 aromatic heterocycles. The highest BCUT2D eigenvalue weighted by molar-refractivity contribution is 9.10. The van der Waals surface area contributed by atoms with Gasteiger partial charge in [-0.25, -0.2) is 4.98 Å². The van der Waals surface area contributed by atoms with E-state index in [1.165, 1.54) is 12.0 Å². The quantitative estimate of drug-likeness (QED) is 0.925. The van der Waals surface area contributed by atoms with Gasteiger partial charge in [0.15, 0.2) is 0 Å². The fraction of sp³-hybridized carbons (Fsp3) is 0.571. The van der Waals surface area contributed by atoms with Gasteiger partial charge in [-0.05, 0) is 59.7 Å². The zero-order valence-corrected chi connectivity index (χ0v) is 12.8. The first-order chi connectivity index (χ1) is 9.06. The Hall–Kier alpha value is -1.10. The van der Waals surface area contributed by atoms with E-state index in [9.17, 15) is 4.79 Å². The van der Waals surface area contributed by atoms with Crippen molar-refractivity contribution in [3.63, 3.8) is 0 Å². The van der Waals surface area contributed by atoms with Crippen molar-refractivity contribution in [1.82, 2.24) is 4.98 Å². The Bertz CT molecular complexity index is 464. The van der Waals surface area contributed by atoms with E-state index >= 15 is 0 Å². The lowest BCUT2D eigenvalue weighted by atomic mass is 9.93. The molecule has 1 amide bonds. The van der Waals surface area contributed by atoms with Gasteiger partial charge in [0.1, 0.15) is 5.82 Å². The normalized spacial score (nSPS) is 19.5. The Morgan fingerprint density at radius 2 is 2.42 bits per heavy atom. The third kappa shape index (κ3) is 3.93. The largest absolute Gasteiger partial charge is 0.370 e. The molecule has 1 aliphatic heterocycles. The average Bonchev–Trinajstić information content (AvgIpc) is 2.36. The second kappa shape index (κ2) is 6.37. The Morgan fingerprint density at radius 1 is 1.63 bits per heavy atom. The zero-order valence-electron chi connectivity index (χ0n) is 11.2. The van der Waals surface area contributed by atoms with E-state index in [4.69, 9.17) is 5.73 Å². The molecule has 0 saturated carbocycles. The molecule has 4 nitrogen and oxygen atoms in total. The summed E-state index contributed by atoms with van der Waals surface area (Å²) in [6.07, 6.45) is 5.56. The number of nitrogens with two attached hydrogens (primary N) is 1. The first kappa shape index (κ1) is 14.3. The molecule has 1 fully saturated rings. The lowest BCUT2D eigenvalue weighted by Crippen LogP contribution is -2.36. The lowest BCUT2D eigenvalue weighted by Gasteiger charge is -2.34. The third-order valence-electron chi connectivity index (χ3n) is 3.63. The van der Waals surface area contributed by atoms with Crippen LogP contribution in [0.1, 0.15) is 31.2 Å². The van der Waals surface area contributed by atoms with Crippen LogP contribution in [0.15, 0.2) is 16.7 Å². The van der Waals surface area contributed by atoms with Crippen molar-refractivity contribution in [3.05, 3.63) is 22.3 Å². The van der Waals surface area contributed by atoms with Gasteiger partial charge in [0, 0.05) is 30.2 Å². The number of halogens is 1. The minimum atomic E-state index is -0.199. The van der Waals surface area contributed by atoms with Crippen LogP contribution in [0.25, 0.3) is 0 Å². The number of aromatic nitrogens is 1. The number of aryl methyl sites for hydroxylation is 1. The van der Waals surface area contributed by atoms with E-state index in [0.717, 1.165) is 36.2 Å². The standard InChI is InChI=1S/C14H20BrN3O/c1-10-7-12(15)8-17-14(10)18-6-2-3-11(9-18)4-5-13(16)19/h7-8,11H,2-6,9H2,1H3,(H2,16,19). The number of hydrogen-bond acceptors (Lipinski definition) is 3. The van der Waals surface area contributed by atoms with Crippen molar-refractivity contribution in [1.29, 1.82) is 0 Å². The van der Waals surface area contributed by atoms with Crippen molar-refractivity contribution >= 4 is 27.7 Å². The molecule has 1 unspecified atom stereocenters. The second-order valence-electron chi connectivity index (χ2n) is 5.25. The molecule has 2 rings (SSSR count). The Morgan fingerprint density at radius 3 is 3.11 bits per heavy atom. The summed E-state index contributed by atoms with van der Waals surface area (Å²) in [5, 5.41) is 0. The molecule has 1 saturated heterocycles. The van der Waals surface area contributed by atoms with Gasteiger partial charge >= 0.3 is 0 Å². The van der Waals surface area contributed by atoms with Gasteiger partial charge in [0.05, 0.1) is 0 Å². The molecular formula is C14H20BrN3O. The molecule has 2 N–H and O–H groups in total. The monoisotopic (exact) mass is 325 g/mol. The van der Waals surface area contributed by atoms with Crippen LogP contribution in [0.3, 0.4) is 0 Å². The van der Waals surface area contributed by atoms with Gasteiger partial charge < -0.3 is 10.6 Å². The molecule has 5 heteroatoms. The van der Waals surface area contributed by atoms with Gasteiger partial charge in [-0.3, -0.25) is 4.79 Å². The fourth-order valence-electron chi connectivity index (χ4n) is 2.70. The van der Waals surface area contributed by atoms with Gasteiger partial charge in [-0.15, -0.1) is 0 Å². The number of anilines is 1. The number of carbonyl (C=O) groups is 1. The van der Waals surface area contributed by atoms with E-state index in [-0.39, 0.29) is 5.91 Å². The molecule has 0 bridgehead atoms. The number of carbonyl (C=O) groups excluding carboxylic acids is 1. The summed E-state index contributed by atoms with van der Waals surface area (Å²) in [5.74, 6) is 1.41. The highest BCUT2D eigenvalue weighted by Crippen LogP contribution is 2.27. The minimum absolute atomic E-state index is 0.199. The van der Waals surface area contributed by atoms with Crippen molar-refractivity contribution in [2.24, 2.45) is 11.7 Å². The van der Waals surface area contributed by atoms with E-state index in [2.05, 4.69) is 38.8 Å². The molecule has 1 aliphatic rings. The maximum absolute atomic E-state index is 10.9. The number of pyridine rings is 1. The SMILES string of the molecule is Cc1cc(Br)cnc1N1CCCC(CCC(N)=O)C1. The van der Waals surface area contributed by atoms with E-state index in [1.807, 2.05) is 6.20 Å². The van der Waals surface area contributed by atoms with Crippen molar-refractivity contribution < 1.29 is 4.79 Å². The molecule has 19 heavy (non-hydrogen) atoms. The predicted octanol–water partition coefficient (Wildman–Crippen LogP) is 2.63. The minimum Gasteiger partial charge on any atom is -0.370 e. The number of rotatable bonds is 4. The highest BCUT2D eigenvalue weighted by Gasteiger charge is 2.22. The van der Waals surface area contributed by atoms with Gasteiger partial charge in [0.2, 0.25) is 5.91 Å². The molecule has 0 spiro atoms. The molecule has 1 atom stereocenters. The summed E-state index contributed by atoms with van der Waals surface area (Å²) >= 11 is 3.44. The summed E-state index contributed by atoms with van der Waals surface area (Å²) in [6, 6.07) is 2.09. The maximum Gasteiger partial charge on any atom is 0.217 e. The zero-order chi connectivity index (χ0) is 13.8. The van der Waals surface area contributed by atoms with Gasteiger partial charge in [-0.2, -0.15) is 0 Å². The molecular weight excluding hydrogens is 306 g/mol. The first-order valence-corrected chi connectivity index (χ1v) is 7.51. The Labute approximate surface area is 122 Å². The number of primary amides is 1. The van der Waals surface area contributed by atoms with Crippen LogP contribution in [0.2, 0.25) is 0 Å². The summed E-state index contributed by atoms with van der Waals surface area (Å²) < 4.78 is 1.01. The summed E-state index contributed by atoms with van der Waals surface area (Å²) in [5.41, 5.74) is 6.41. The topological polar surface area (TPSA) is 59.2 Å². The molecule has 104 valence electrons. The number of amides is 1. The van der Waals surface area contributed by atoms with Crippen LogP contribution in [-0.4, -0.2) is 24.0 Å². The number of nitrogens with zero attached hydrogens (tertiary/aromatic N) is 2. The Balaban J connectivity index is 2.02. The van der Waals surface area contributed by atoms with Crippen LogP contribution >= 0.6 is 15.9 Å². The maximum atomic E-state index is 10.9. The Kier molecular flexibility index (Phi) is 4.80. The highest BCUT2D eigenvalue weighted by atomic mass is 79.9. The number of piperidine rings is 1. The van der Waals surface area contributed by atoms with E-state index < -0.39 is 0 Å². The van der Waals surface area contributed by atoms with E-state index in [0.29, 0.717) is 12.3 Å². The summed E-state index contributed by atoms with van der Waals surface area (Å²) in [6.45, 7) is 4.10. The smallest absolute Gasteiger partial charge is 0.217 e. The van der Waals surface area contributed by atoms with Crippen LogP contribution < -0.4 is 10.6 Å². The second-order valence-corrected chi connectivity index (χ2v) is 6.17. The third-order valence-corrected chi connectivity index (χ3v) is 4.07. The van der Waals surface area contributed by atoms with Crippen molar-refractivity contribution in [2.45, 2.75) is 32.6 Å². The van der Waals surface area contributed by atoms with Crippen molar-refractivity contribution in [3.8, 4) is 0 Å². The van der Waals surface area contributed by atoms with Gasteiger partial charge in [0.25, 0.3) is 0 Å². The molecule has 0 radical (unpaired) electrons. The average molecular weight is 326 g/mol.